The Morgan fingerprint density at radius 3 is 2.77 bits per heavy atom. The Morgan fingerprint density at radius 1 is 1.10 bits per heavy atom. The first-order valence-corrected chi connectivity index (χ1v) is 10.7. The summed E-state index contributed by atoms with van der Waals surface area (Å²) in [6, 6.07) is 17.5. The molecule has 0 aliphatic heterocycles. The number of amides is 1. The summed E-state index contributed by atoms with van der Waals surface area (Å²) in [5.41, 5.74) is 3.66. The highest BCUT2D eigenvalue weighted by molar-refractivity contribution is 7.10. The Morgan fingerprint density at radius 2 is 2.00 bits per heavy atom. The van der Waals surface area contributed by atoms with Crippen molar-refractivity contribution < 1.29 is 14.3 Å². The molecule has 0 atom stereocenters. The Bertz CT molecular complexity index is 1170. The molecular formula is C24H23N3O3S. The molecule has 4 rings (SSSR count). The van der Waals surface area contributed by atoms with E-state index in [1.807, 2.05) is 60.0 Å². The number of nitrogens with zero attached hydrogens (tertiary/aromatic N) is 1. The van der Waals surface area contributed by atoms with Gasteiger partial charge < -0.3 is 19.8 Å². The summed E-state index contributed by atoms with van der Waals surface area (Å²) in [4.78, 5) is 21.1. The van der Waals surface area contributed by atoms with Crippen molar-refractivity contribution in [1.29, 1.82) is 0 Å². The molecule has 0 saturated heterocycles. The van der Waals surface area contributed by atoms with E-state index in [1.165, 1.54) is 0 Å². The number of aromatic amines is 1. The predicted octanol–water partition coefficient (Wildman–Crippen LogP) is 4.68. The summed E-state index contributed by atoms with van der Waals surface area (Å²) in [6.07, 6.45) is 2.18. The van der Waals surface area contributed by atoms with Gasteiger partial charge in [0.25, 0.3) is 0 Å². The molecule has 1 amide bonds. The molecule has 0 aliphatic rings. The molecule has 2 aromatic heterocycles. The van der Waals surface area contributed by atoms with Crippen LogP contribution < -0.4 is 14.8 Å². The number of benzene rings is 2. The van der Waals surface area contributed by atoms with Crippen LogP contribution in [0.2, 0.25) is 0 Å². The lowest BCUT2D eigenvalue weighted by Crippen LogP contribution is -2.24. The number of ether oxygens (including phenoxy) is 2. The maximum atomic E-state index is 12.2. The third-order valence-electron chi connectivity index (χ3n) is 4.88. The summed E-state index contributed by atoms with van der Waals surface area (Å²) in [7, 11) is 3.27. The van der Waals surface area contributed by atoms with Gasteiger partial charge in [-0.25, -0.2) is 4.98 Å². The van der Waals surface area contributed by atoms with Crippen molar-refractivity contribution >= 4 is 17.2 Å². The molecule has 31 heavy (non-hydrogen) atoms. The van der Waals surface area contributed by atoms with Crippen LogP contribution in [0, 0.1) is 0 Å². The van der Waals surface area contributed by atoms with E-state index in [2.05, 4.69) is 15.3 Å². The summed E-state index contributed by atoms with van der Waals surface area (Å²) < 4.78 is 10.8. The molecule has 0 fully saturated rings. The number of carbonyl (C=O) groups is 1. The Labute approximate surface area is 184 Å². The highest BCUT2D eigenvalue weighted by atomic mass is 32.1. The fourth-order valence-electron chi connectivity index (χ4n) is 3.29. The normalized spacial score (nSPS) is 10.6. The topological polar surface area (TPSA) is 76.2 Å². The van der Waals surface area contributed by atoms with E-state index in [0.717, 1.165) is 44.6 Å². The van der Waals surface area contributed by atoms with E-state index in [0.29, 0.717) is 13.0 Å². The molecule has 158 valence electrons. The minimum Gasteiger partial charge on any atom is -0.497 e. The fraction of sp³-hybridized carbons (Fsp3) is 0.167. The van der Waals surface area contributed by atoms with Crippen molar-refractivity contribution in [2.75, 3.05) is 14.2 Å². The maximum Gasteiger partial charge on any atom is 0.225 e. The van der Waals surface area contributed by atoms with Gasteiger partial charge in [0, 0.05) is 22.5 Å². The van der Waals surface area contributed by atoms with E-state index < -0.39 is 0 Å². The molecule has 0 unspecified atom stereocenters. The molecule has 2 aromatic carbocycles. The number of H-pyrrole nitrogens is 1. The lowest BCUT2D eigenvalue weighted by atomic mass is 10.1. The molecule has 0 aliphatic carbocycles. The minimum atomic E-state index is 0.0123. The number of hydrogen-bond acceptors (Lipinski definition) is 5. The van der Waals surface area contributed by atoms with E-state index in [1.54, 1.807) is 31.8 Å². The molecule has 2 heterocycles. The number of imidazole rings is 1. The van der Waals surface area contributed by atoms with Crippen LogP contribution in [-0.2, 0) is 17.8 Å². The standard InChI is InChI=1S/C24H23N3O3S/c1-29-18-8-9-22(30-2)20(12-18)21-15-26-24(27-21)17-6-3-5-16(11-17)14-25-23(28)13-19-7-4-10-31-19/h3-12,15H,13-14H2,1-2H3,(H,25,28)(H,26,27). The maximum absolute atomic E-state index is 12.2. The molecule has 0 radical (unpaired) electrons. The van der Waals surface area contributed by atoms with Gasteiger partial charge >= 0.3 is 0 Å². The van der Waals surface area contributed by atoms with Crippen molar-refractivity contribution in [3.63, 3.8) is 0 Å². The van der Waals surface area contributed by atoms with Gasteiger partial charge in [-0.2, -0.15) is 0 Å². The smallest absolute Gasteiger partial charge is 0.225 e. The van der Waals surface area contributed by atoms with Gasteiger partial charge in [0.15, 0.2) is 0 Å². The molecule has 4 aromatic rings. The van der Waals surface area contributed by atoms with Crippen molar-refractivity contribution in [3.05, 3.63) is 76.6 Å². The predicted molar refractivity (Wildman–Crippen MR) is 122 cm³/mol. The van der Waals surface area contributed by atoms with Crippen LogP contribution in [0.25, 0.3) is 22.6 Å². The van der Waals surface area contributed by atoms with Crippen LogP contribution in [0.1, 0.15) is 10.4 Å². The van der Waals surface area contributed by atoms with E-state index in [4.69, 9.17) is 9.47 Å². The van der Waals surface area contributed by atoms with Crippen LogP contribution in [0.15, 0.2) is 66.2 Å². The van der Waals surface area contributed by atoms with E-state index in [9.17, 15) is 4.79 Å². The number of aromatic nitrogens is 2. The Balaban J connectivity index is 1.49. The number of nitrogens with one attached hydrogen (secondary N) is 2. The highest BCUT2D eigenvalue weighted by Crippen LogP contribution is 2.33. The molecule has 2 N–H and O–H groups in total. The van der Waals surface area contributed by atoms with Crippen molar-refractivity contribution in [1.82, 2.24) is 15.3 Å². The van der Waals surface area contributed by atoms with Crippen LogP contribution >= 0.6 is 11.3 Å². The van der Waals surface area contributed by atoms with E-state index >= 15 is 0 Å². The van der Waals surface area contributed by atoms with Crippen LogP contribution in [0.4, 0.5) is 0 Å². The van der Waals surface area contributed by atoms with Gasteiger partial charge in [-0.3, -0.25) is 4.79 Å². The van der Waals surface area contributed by atoms with Crippen molar-refractivity contribution in [2.24, 2.45) is 0 Å². The van der Waals surface area contributed by atoms with Crippen LogP contribution in [-0.4, -0.2) is 30.1 Å². The molecule has 0 bridgehead atoms. The monoisotopic (exact) mass is 433 g/mol. The molecule has 6 nitrogen and oxygen atoms in total. The number of carbonyl (C=O) groups excluding carboxylic acids is 1. The molecule has 7 heteroatoms. The van der Waals surface area contributed by atoms with Gasteiger partial charge in [-0.1, -0.05) is 24.3 Å². The quantitative estimate of drug-likeness (QED) is 0.423. The first-order valence-electron chi connectivity index (χ1n) is 9.82. The first kappa shape index (κ1) is 20.7. The average molecular weight is 434 g/mol. The van der Waals surface area contributed by atoms with Crippen LogP contribution in [0.3, 0.4) is 0 Å². The van der Waals surface area contributed by atoms with Crippen LogP contribution in [0.5, 0.6) is 11.5 Å². The lowest BCUT2D eigenvalue weighted by Gasteiger charge is -2.09. The summed E-state index contributed by atoms with van der Waals surface area (Å²) in [5.74, 6) is 2.23. The number of thiophene rings is 1. The van der Waals surface area contributed by atoms with Gasteiger partial charge in [-0.05, 0) is 41.3 Å². The Hall–Kier alpha value is -3.58. The van der Waals surface area contributed by atoms with Gasteiger partial charge in [0.05, 0.1) is 32.5 Å². The third-order valence-corrected chi connectivity index (χ3v) is 5.75. The average Bonchev–Trinajstić information content (AvgIpc) is 3.50. The second kappa shape index (κ2) is 9.49. The molecular weight excluding hydrogens is 410 g/mol. The molecule has 0 spiro atoms. The Kier molecular flexibility index (Phi) is 6.33. The van der Waals surface area contributed by atoms with Gasteiger partial charge in [-0.15, -0.1) is 11.3 Å². The fourth-order valence-corrected chi connectivity index (χ4v) is 4.00. The lowest BCUT2D eigenvalue weighted by molar-refractivity contribution is -0.120. The second-order valence-corrected chi connectivity index (χ2v) is 7.98. The number of hydrogen-bond donors (Lipinski definition) is 2. The molecule has 0 saturated carbocycles. The van der Waals surface area contributed by atoms with Gasteiger partial charge in [0.2, 0.25) is 5.91 Å². The largest absolute Gasteiger partial charge is 0.497 e. The summed E-state index contributed by atoms with van der Waals surface area (Å²) in [5, 5.41) is 4.96. The zero-order valence-corrected chi connectivity index (χ0v) is 18.2. The third kappa shape index (κ3) is 4.95. The minimum absolute atomic E-state index is 0.0123. The highest BCUT2D eigenvalue weighted by Gasteiger charge is 2.12. The van der Waals surface area contributed by atoms with Crippen molar-refractivity contribution in [2.45, 2.75) is 13.0 Å². The van der Waals surface area contributed by atoms with E-state index in [-0.39, 0.29) is 5.91 Å². The number of rotatable bonds is 8. The zero-order valence-electron chi connectivity index (χ0n) is 17.3. The first-order chi connectivity index (χ1) is 15.2. The number of methoxy groups -OCH3 is 2. The van der Waals surface area contributed by atoms with Crippen molar-refractivity contribution in [3.8, 4) is 34.1 Å². The summed E-state index contributed by atoms with van der Waals surface area (Å²) in [6.45, 7) is 0.468. The zero-order chi connectivity index (χ0) is 21.6. The van der Waals surface area contributed by atoms with Gasteiger partial charge in [0.1, 0.15) is 17.3 Å². The summed E-state index contributed by atoms with van der Waals surface area (Å²) >= 11 is 1.59. The second-order valence-electron chi connectivity index (χ2n) is 6.94. The SMILES string of the molecule is COc1ccc(OC)c(-c2cnc(-c3cccc(CNC(=O)Cc4cccs4)c3)[nH]2)c1.